The lowest BCUT2D eigenvalue weighted by atomic mass is 9.59. The summed E-state index contributed by atoms with van der Waals surface area (Å²) in [7, 11) is 0. The quantitative estimate of drug-likeness (QED) is 0.704. The Kier molecular flexibility index (Phi) is 2.25. The van der Waals surface area contributed by atoms with Gasteiger partial charge in [0, 0.05) is 16.3 Å². The summed E-state index contributed by atoms with van der Waals surface area (Å²) >= 11 is 3.51. The van der Waals surface area contributed by atoms with Gasteiger partial charge in [0.15, 0.2) is 0 Å². The normalized spacial score (nSPS) is 35.0. The highest BCUT2D eigenvalue weighted by molar-refractivity contribution is 9.10. The fourth-order valence-electron chi connectivity index (χ4n) is 4.45. The van der Waals surface area contributed by atoms with Crippen molar-refractivity contribution in [2.45, 2.75) is 18.6 Å². The first-order valence-electron chi connectivity index (χ1n) is 7.43. The topological polar surface area (TPSA) is 9.23 Å². The Hall–Kier alpha value is -1.38. The van der Waals surface area contributed by atoms with E-state index >= 15 is 0 Å². The summed E-state index contributed by atoms with van der Waals surface area (Å²) in [4.78, 5) is 0. The van der Waals surface area contributed by atoms with Gasteiger partial charge in [-0.2, -0.15) is 0 Å². The van der Waals surface area contributed by atoms with Crippen LogP contribution in [0.5, 0.6) is 0 Å². The molecule has 4 unspecified atom stereocenters. The summed E-state index contributed by atoms with van der Waals surface area (Å²) in [6.07, 6.45) is 2.68. The molecular weight excluding hydrogens is 324 g/mol. The van der Waals surface area contributed by atoms with Crippen molar-refractivity contribution in [3.8, 4) is 0 Å². The Morgan fingerprint density at radius 3 is 2.62 bits per heavy atom. The molecule has 5 rings (SSSR count). The van der Waals surface area contributed by atoms with Gasteiger partial charge in [0.1, 0.15) is 0 Å². The van der Waals surface area contributed by atoms with Gasteiger partial charge in [0.05, 0.1) is 11.7 Å². The van der Waals surface area contributed by atoms with Gasteiger partial charge in [-0.3, -0.25) is 0 Å². The number of hydrogen-bond donors (Lipinski definition) is 0. The van der Waals surface area contributed by atoms with Crippen LogP contribution in [0, 0.1) is 11.8 Å². The van der Waals surface area contributed by atoms with Crippen molar-refractivity contribution in [1.82, 2.24) is 0 Å². The average molecular weight is 339 g/mol. The van der Waals surface area contributed by atoms with E-state index in [1.54, 1.807) is 0 Å². The summed E-state index contributed by atoms with van der Waals surface area (Å²) < 4.78 is 7.56. The highest BCUT2D eigenvalue weighted by atomic mass is 79.9. The molecule has 3 aliphatic rings. The summed E-state index contributed by atoms with van der Waals surface area (Å²) in [5, 5.41) is 0. The molecule has 2 aromatic carbocycles. The van der Waals surface area contributed by atoms with Crippen molar-refractivity contribution < 1.29 is 4.74 Å². The van der Waals surface area contributed by atoms with Crippen LogP contribution in [0.2, 0.25) is 0 Å². The van der Waals surface area contributed by atoms with Crippen molar-refractivity contribution in [2.75, 3.05) is 0 Å². The lowest BCUT2D eigenvalue weighted by Crippen LogP contribution is -2.38. The van der Waals surface area contributed by atoms with Gasteiger partial charge < -0.3 is 4.74 Å². The second-order valence-electron chi connectivity index (χ2n) is 6.42. The smallest absolute Gasteiger partial charge is 0.0990 e. The first kappa shape index (κ1) is 12.2. The monoisotopic (exact) mass is 338 g/mol. The third-order valence-corrected chi connectivity index (χ3v) is 5.92. The highest BCUT2D eigenvalue weighted by Gasteiger charge is 2.63. The van der Waals surface area contributed by atoms with E-state index in [0.29, 0.717) is 11.8 Å². The number of hydrogen-bond acceptors (Lipinski definition) is 1. The van der Waals surface area contributed by atoms with Gasteiger partial charge in [-0.05, 0) is 41.3 Å². The van der Waals surface area contributed by atoms with E-state index in [-0.39, 0.29) is 11.7 Å². The molecule has 2 heteroatoms. The van der Waals surface area contributed by atoms with E-state index in [9.17, 15) is 0 Å². The van der Waals surface area contributed by atoms with Crippen LogP contribution in [0.1, 0.15) is 29.7 Å². The lowest BCUT2D eigenvalue weighted by molar-refractivity contribution is -0.0174. The molecule has 0 saturated carbocycles. The molecule has 2 heterocycles. The van der Waals surface area contributed by atoms with Gasteiger partial charge in [-0.15, -0.1) is 0 Å². The molecule has 2 aliphatic heterocycles. The van der Waals surface area contributed by atoms with Crippen LogP contribution in [0.4, 0.5) is 0 Å². The molecular formula is C19H15BrO. The molecule has 1 aliphatic carbocycles. The molecule has 2 bridgehead atoms. The van der Waals surface area contributed by atoms with Crippen molar-refractivity contribution in [2.24, 2.45) is 11.8 Å². The van der Waals surface area contributed by atoms with Gasteiger partial charge in [0.2, 0.25) is 0 Å². The third-order valence-electron chi connectivity index (χ3n) is 5.39. The fourth-order valence-corrected chi connectivity index (χ4v) is 4.72. The van der Waals surface area contributed by atoms with E-state index in [2.05, 4.69) is 77.5 Å². The molecule has 4 atom stereocenters. The Balaban J connectivity index is 1.61. The van der Waals surface area contributed by atoms with Crippen LogP contribution in [-0.4, -0.2) is 0 Å². The van der Waals surface area contributed by atoms with Crippen LogP contribution in [-0.2, 0) is 10.3 Å². The zero-order valence-electron chi connectivity index (χ0n) is 11.7. The number of fused-ring (bicyclic) bond motifs is 8. The number of ether oxygens (including phenoxy) is 1. The molecule has 0 radical (unpaired) electrons. The van der Waals surface area contributed by atoms with Crippen molar-refractivity contribution >= 4 is 21.5 Å². The van der Waals surface area contributed by atoms with Gasteiger partial charge in [-0.1, -0.05) is 58.4 Å². The number of rotatable bonds is 1. The van der Waals surface area contributed by atoms with E-state index < -0.39 is 0 Å². The maximum absolute atomic E-state index is 6.43. The molecule has 0 spiro atoms. The van der Waals surface area contributed by atoms with E-state index in [1.165, 1.54) is 22.3 Å². The van der Waals surface area contributed by atoms with Gasteiger partial charge in [0.25, 0.3) is 0 Å². The molecule has 0 N–H and O–H groups in total. The summed E-state index contributed by atoms with van der Waals surface area (Å²) in [6, 6.07) is 17.4. The fraction of sp³-hybridized carbons (Fsp3) is 0.263. The molecule has 2 aromatic rings. The standard InChI is InChI=1S/C19H15BrO/c1-19-16-5-3-2-4-13(16)18(21-19)15-10-14(17(15)19)11-6-8-12(20)9-7-11/h2-10,15,17-18H,1H3. The Labute approximate surface area is 132 Å². The van der Waals surface area contributed by atoms with Crippen molar-refractivity contribution in [1.29, 1.82) is 0 Å². The van der Waals surface area contributed by atoms with Gasteiger partial charge in [-0.25, -0.2) is 0 Å². The number of halogens is 1. The summed E-state index contributed by atoms with van der Waals surface area (Å²) in [5.74, 6) is 1.04. The van der Waals surface area contributed by atoms with Crippen LogP contribution in [0.15, 0.2) is 59.1 Å². The maximum Gasteiger partial charge on any atom is 0.0990 e. The van der Waals surface area contributed by atoms with Crippen molar-refractivity contribution in [3.63, 3.8) is 0 Å². The molecule has 104 valence electrons. The SMILES string of the molecule is CC12OC(c3ccccc31)C1C=C(c3ccc(Br)cc3)C12. The Morgan fingerprint density at radius 2 is 1.81 bits per heavy atom. The Bertz CT molecular complexity index is 776. The lowest BCUT2D eigenvalue weighted by Gasteiger charge is -2.42. The number of benzene rings is 2. The third kappa shape index (κ3) is 1.40. The Morgan fingerprint density at radius 1 is 1.05 bits per heavy atom. The largest absolute Gasteiger partial charge is 0.361 e. The molecule has 0 amide bonds. The molecule has 1 fully saturated rings. The molecule has 0 aromatic heterocycles. The average Bonchev–Trinajstić information content (AvgIpc) is 2.86. The van der Waals surface area contributed by atoms with Crippen LogP contribution >= 0.6 is 15.9 Å². The minimum absolute atomic E-state index is 0.150. The van der Waals surface area contributed by atoms with Crippen LogP contribution in [0.25, 0.3) is 5.57 Å². The van der Waals surface area contributed by atoms with Crippen molar-refractivity contribution in [3.05, 3.63) is 75.8 Å². The molecule has 1 nitrogen and oxygen atoms in total. The highest BCUT2D eigenvalue weighted by Crippen LogP contribution is 2.68. The maximum atomic E-state index is 6.43. The second kappa shape index (κ2) is 3.88. The predicted molar refractivity (Wildman–Crippen MR) is 86.7 cm³/mol. The minimum Gasteiger partial charge on any atom is -0.361 e. The summed E-state index contributed by atoms with van der Waals surface area (Å²) in [5.41, 5.74) is 5.41. The van der Waals surface area contributed by atoms with E-state index in [1.807, 2.05) is 0 Å². The first-order chi connectivity index (χ1) is 10.2. The van der Waals surface area contributed by atoms with E-state index in [4.69, 9.17) is 4.74 Å². The zero-order valence-corrected chi connectivity index (χ0v) is 13.3. The first-order valence-corrected chi connectivity index (χ1v) is 8.23. The molecule has 21 heavy (non-hydrogen) atoms. The second-order valence-corrected chi connectivity index (χ2v) is 7.33. The summed E-state index contributed by atoms with van der Waals surface area (Å²) in [6.45, 7) is 2.27. The molecule has 1 saturated heterocycles. The van der Waals surface area contributed by atoms with Crippen LogP contribution in [0.3, 0.4) is 0 Å². The predicted octanol–water partition coefficient (Wildman–Crippen LogP) is 5.08. The van der Waals surface area contributed by atoms with Crippen LogP contribution < -0.4 is 0 Å². The minimum atomic E-state index is -0.150. The van der Waals surface area contributed by atoms with E-state index in [0.717, 1.165) is 4.47 Å². The zero-order chi connectivity index (χ0) is 14.2. The van der Waals surface area contributed by atoms with Gasteiger partial charge >= 0.3 is 0 Å².